The van der Waals surface area contributed by atoms with Gasteiger partial charge in [0.25, 0.3) is 5.91 Å². The van der Waals surface area contributed by atoms with Gasteiger partial charge in [-0.15, -0.1) is 0 Å². The lowest BCUT2D eigenvalue weighted by Gasteiger charge is -2.35. The van der Waals surface area contributed by atoms with Crippen molar-refractivity contribution in [1.29, 1.82) is 0 Å². The molecule has 3 aromatic rings. The summed E-state index contributed by atoms with van der Waals surface area (Å²) in [5.41, 5.74) is 5.81. The number of carbonyl (C=O) groups is 1. The van der Waals surface area contributed by atoms with Crippen molar-refractivity contribution >= 4 is 11.6 Å². The van der Waals surface area contributed by atoms with Gasteiger partial charge in [0.2, 0.25) is 0 Å². The van der Waals surface area contributed by atoms with Crippen LogP contribution in [0.4, 0.5) is 5.69 Å². The standard InChI is InChI=1S/C24H21NO2/c1-17-8-7-11-19-16-27-24(14-20(17)19)21-12-5-6-13-22(21)25(23(24)26)15-18-9-3-2-4-10-18/h2-13H,14-16H2,1H3. The van der Waals surface area contributed by atoms with Crippen molar-refractivity contribution in [3.05, 3.63) is 101 Å². The molecule has 1 amide bonds. The molecule has 0 radical (unpaired) electrons. The summed E-state index contributed by atoms with van der Waals surface area (Å²) in [5, 5.41) is 0. The van der Waals surface area contributed by atoms with Crippen molar-refractivity contribution in [2.75, 3.05) is 4.90 Å². The molecule has 0 N–H and O–H groups in total. The fourth-order valence-electron chi connectivity index (χ4n) is 4.38. The summed E-state index contributed by atoms with van der Waals surface area (Å²) in [6.07, 6.45) is 0.593. The molecule has 1 spiro atoms. The van der Waals surface area contributed by atoms with E-state index in [0.29, 0.717) is 19.6 Å². The van der Waals surface area contributed by atoms with Crippen LogP contribution in [0.5, 0.6) is 0 Å². The van der Waals surface area contributed by atoms with Crippen molar-refractivity contribution in [1.82, 2.24) is 0 Å². The molecule has 2 heterocycles. The van der Waals surface area contributed by atoms with Gasteiger partial charge < -0.3 is 9.64 Å². The maximum atomic E-state index is 13.7. The molecule has 0 fully saturated rings. The Morgan fingerprint density at radius 3 is 2.59 bits per heavy atom. The van der Waals surface area contributed by atoms with E-state index in [9.17, 15) is 4.79 Å². The van der Waals surface area contributed by atoms with E-state index in [1.54, 1.807) is 0 Å². The monoisotopic (exact) mass is 355 g/mol. The second-order valence-corrected chi connectivity index (χ2v) is 7.40. The van der Waals surface area contributed by atoms with Crippen molar-refractivity contribution in [2.45, 2.75) is 32.1 Å². The highest BCUT2D eigenvalue weighted by Crippen LogP contribution is 2.48. The number of anilines is 1. The molecule has 27 heavy (non-hydrogen) atoms. The molecule has 0 bridgehead atoms. The third-order valence-electron chi connectivity index (χ3n) is 5.81. The Balaban J connectivity index is 1.60. The molecular formula is C24H21NO2. The van der Waals surface area contributed by atoms with Gasteiger partial charge in [-0.1, -0.05) is 66.7 Å². The second-order valence-electron chi connectivity index (χ2n) is 7.40. The summed E-state index contributed by atoms with van der Waals surface area (Å²) in [7, 11) is 0. The summed E-state index contributed by atoms with van der Waals surface area (Å²) in [6.45, 7) is 3.14. The lowest BCUT2D eigenvalue weighted by atomic mass is 9.82. The summed E-state index contributed by atoms with van der Waals surface area (Å²) in [5.74, 6) is 0.0430. The lowest BCUT2D eigenvalue weighted by Crippen LogP contribution is -2.45. The Morgan fingerprint density at radius 2 is 1.74 bits per heavy atom. The van der Waals surface area contributed by atoms with Gasteiger partial charge in [-0.25, -0.2) is 0 Å². The normalized spacial score (nSPS) is 20.6. The van der Waals surface area contributed by atoms with Gasteiger partial charge in [-0.05, 0) is 35.2 Å². The highest BCUT2D eigenvalue weighted by molar-refractivity contribution is 6.07. The predicted octanol–water partition coefficient (Wildman–Crippen LogP) is 4.51. The molecule has 3 heteroatoms. The van der Waals surface area contributed by atoms with E-state index in [4.69, 9.17) is 4.74 Å². The maximum Gasteiger partial charge on any atom is 0.264 e. The number of hydrogen-bond donors (Lipinski definition) is 0. The molecule has 0 saturated heterocycles. The Morgan fingerprint density at radius 1 is 0.963 bits per heavy atom. The number of amides is 1. The Bertz CT molecular complexity index is 1030. The Labute approximate surface area is 159 Å². The minimum atomic E-state index is -0.912. The van der Waals surface area contributed by atoms with Crippen LogP contribution < -0.4 is 4.90 Å². The van der Waals surface area contributed by atoms with Crippen molar-refractivity contribution in [3.8, 4) is 0 Å². The molecular weight excluding hydrogens is 334 g/mol. The fourth-order valence-corrected chi connectivity index (χ4v) is 4.38. The Hall–Kier alpha value is -2.91. The molecule has 1 unspecified atom stereocenters. The van der Waals surface area contributed by atoms with Crippen LogP contribution in [0.2, 0.25) is 0 Å². The van der Waals surface area contributed by atoms with Gasteiger partial charge in [-0.3, -0.25) is 4.79 Å². The third kappa shape index (κ3) is 2.42. The number of fused-ring (bicyclic) bond motifs is 3. The predicted molar refractivity (Wildman–Crippen MR) is 105 cm³/mol. The first-order chi connectivity index (χ1) is 13.2. The number of carbonyl (C=O) groups excluding carboxylic acids is 1. The SMILES string of the molecule is Cc1cccc2c1CC1(OC2)C(=O)N(Cc2ccccc2)c2ccccc21. The largest absolute Gasteiger partial charge is 0.355 e. The Kier molecular flexibility index (Phi) is 3.66. The molecule has 134 valence electrons. The second kappa shape index (κ2) is 6.07. The molecule has 5 rings (SSSR count). The number of rotatable bonds is 2. The van der Waals surface area contributed by atoms with E-state index in [1.165, 1.54) is 16.7 Å². The van der Waals surface area contributed by atoms with Crippen LogP contribution in [-0.4, -0.2) is 5.91 Å². The van der Waals surface area contributed by atoms with Gasteiger partial charge in [0, 0.05) is 12.0 Å². The average molecular weight is 355 g/mol. The van der Waals surface area contributed by atoms with Crippen LogP contribution in [-0.2, 0) is 34.7 Å². The zero-order chi connectivity index (χ0) is 18.4. The zero-order valence-electron chi connectivity index (χ0n) is 15.3. The quantitative estimate of drug-likeness (QED) is 0.677. The smallest absolute Gasteiger partial charge is 0.264 e. The van der Waals surface area contributed by atoms with E-state index in [1.807, 2.05) is 47.4 Å². The van der Waals surface area contributed by atoms with Gasteiger partial charge in [0.05, 0.1) is 18.8 Å². The first-order valence-corrected chi connectivity index (χ1v) is 9.36. The number of nitrogens with zero attached hydrogens (tertiary/aromatic N) is 1. The molecule has 0 aromatic heterocycles. The number of benzene rings is 3. The number of hydrogen-bond acceptors (Lipinski definition) is 2. The molecule has 2 aliphatic heterocycles. The topological polar surface area (TPSA) is 29.5 Å². The van der Waals surface area contributed by atoms with Crippen LogP contribution >= 0.6 is 0 Å². The zero-order valence-corrected chi connectivity index (χ0v) is 15.3. The van der Waals surface area contributed by atoms with Crippen LogP contribution in [0.1, 0.15) is 27.8 Å². The molecule has 3 aromatic carbocycles. The highest BCUT2D eigenvalue weighted by Gasteiger charge is 2.53. The summed E-state index contributed by atoms with van der Waals surface area (Å²) in [6, 6.07) is 24.5. The summed E-state index contributed by atoms with van der Waals surface area (Å²) in [4.78, 5) is 15.5. The fraction of sp³-hybridized carbons (Fsp3) is 0.208. The minimum Gasteiger partial charge on any atom is -0.355 e. The van der Waals surface area contributed by atoms with Gasteiger partial charge in [0.1, 0.15) is 0 Å². The summed E-state index contributed by atoms with van der Waals surface area (Å²) >= 11 is 0. The first-order valence-electron chi connectivity index (χ1n) is 9.36. The van der Waals surface area contributed by atoms with Crippen LogP contribution in [0.15, 0.2) is 72.8 Å². The molecule has 1 atom stereocenters. The van der Waals surface area contributed by atoms with E-state index in [0.717, 1.165) is 16.8 Å². The molecule has 0 aliphatic carbocycles. The first kappa shape index (κ1) is 16.3. The van der Waals surface area contributed by atoms with Gasteiger partial charge >= 0.3 is 0 Å². The van der Waals surface area contributed by atoms with E-state index >= 15 is 0 Å². The number of aryl methyl sites for hydroxylation is 1. The van der Waals surface area contributed by atoms with E-state index in [2.05, 4.69) is 37.3 Å². The van der Waals surface area contributed by atoms with Crippen molar-refractivity contribution in [3.63, 3.8) is 0 Å². The summed E-state index contributed by atoms with van der Waals surface area (Å²) < 4.78 is 6.32. The lowest BCUT2D eigenvalue weighted by molar-refractivity contribution is -0.148. The van der Waals surface area contributed by atoms with Crippen LogP contribution in [0, 0.1) is 6.92 Å². The maximum absolute atomic E-state index is 13.7. The van der Waals surface area contributed by atoms with Crippen LogP contribution in [0.25, 0.3) is 0 Å². The third-order valence-corrected chi connectivity index (χ3v) is 5.81. The van der Waals surface area contributed by atoms with Crippen LogP contribution in [0.3, 0.4) is 0 Å². The number of ether oxygens (including phenoxy) is 1. The molecule has 2 aliphatic rings. The van der Waals surface area contributed by atoms with Crippen molar-refractivity contribution in [2.24, 2.45) is 0 Å². The number of para-hydroxylation sites is 1. The van der Waals surface area contributed by atoms with E-state index in [-0.39, 0.29) is 5.91 Å². The molecule has 3 nitrogen and oxygen atoms in total. The van der Waals surface area contributed by atoms with Gasteiger partial charge in [0.15, 0.2) is 5.60 Å². The van der Waals surface area contributed by atoms with Gasteiger partial charge in [-0.2, -0.15) is 0 Å². The van der Waals surface area contributed by atoms with Crippen molar-refractivity contribution < 1.29 is 9.53 Å². The highest BCUT2D eigenvalue weighted by atomic mass is 16.5. The molecule has 0 saturated carbocycles. The average Bonchev–Trinajstić information content (AvgIpc) is 2.93. The van der Waals surface area contributed by atoms with E-state index < -0.39 is 5.60 Å². The minimum absolute atomic E-state index is 0.0430.